The normalized spacial score (nSPS) is 15.3. The van der Waals surface area contributed by atoms with Gasteiger partial charge in [-0.25, -0.2) is 9.97 Å². The predicted octanol–water partition coefficient (Wildman–Crippen LogP) is 2.41. The molecule has 0 aromatic carbocycles. The van der Waals surface area contributed by atoms with Gasteiger partial charge in [-0.3, -0.25) is 0 Å². The van der Waals surface area contributed by atoms with Crippen molar-refractivity contribution in [3.63, 3.8) is 0 Å². The van der Waals surface area contributed by atoms with Crippen LogP contribution in [0.5, 0.6) is 0 Å². The fourth-order valence-corrected chi connectivity index (χ4v) is 3.04. The van der Waals surface area contributed by atoms with Crippen molar-refractivity contribution >= 4 is 29.0 Å². The minimum absolute atomic E-state index is 0.106. The summed E-state index contributed by atoms with van der Waals surface area (Å²) in [7, 11) is 0. The first kappa shape index (κ1) is 17.0. The van der Waals surface area contributed by atoms with Crippen LogP contribution < -0.4 is 10.2 Å². The maximum Gasteiger partial charge on any atom is 0.222 e. The molecule has 4 heterocycles. The smallest absolute Gasteiger partial charge is 0.222 e. The van der Waals surface area contributed by atoms with Gasteiger partial charge in [0.2, 0.25) is 5.95 Å². The van der Waals surface area contributed by atoms with Crippen molar-refractivity contribution in [1.82, 2.24) is 29.8 Å². The molecule has 0 unspecified atom stereocenters. The summed E-state index contributed by atoms with van der Waals surface area (Å²) in [5, 5.41) is 17.0. The standard InChI is InChI=1S/C17H21ClN8/c1-17(2,3)15-23-22-13-4-5-14(24-26(13)15)25-9-11(10-25)6-19-16-20-7-12(18)8-21-16/h4-5,7-8,11H,6,9-10H2,1-3H3,(H,19,20,21). The van der Waals surface area contributed by atoms with Crippen molar-refractivity contribution in [1.29, 1.82) is 0 Å². The van der Waals surface area contributed by atoms with Gasteiger partial charge in [-0.2, -0.15) is 4.52 Å². The molecule has 3 aromatic rings. The number of halogens is 1. The average molecular weight is 373 g/mol. The number of nitrogens with zero attached hydrogens (tertiary/aromatic N) is 7. The number of rotatable bonds is 4. The third-order valence-electron chi connectivity index (χ3n) is 4.37. The van der Waals surface area contributed by atoms with Crippen LogP contribution in [0.15, 0.2) is 24.5 Å². The van der Waals surface area contributed by atoms with Crippen LogP contribution >= 0.6 is 11.6 Å². The lowest BCUT2D eigenvalue weighted by atomic mass is 9.96. The Morgan fingerprint density at radius 3 is 2.58 bits per heavy atom. The maximum atomic E-state index is 5.79. The van der Waals surface area contributed by atoms with Crippen molar-refractivity contribution in [3.05, 3.63) is 35.4 Å². The molecular formula is C17H21ClN8. The maximum absolute atomic E-state index is 5.79. The minimum Gasteiger partial charge on any atom is -0.354 e. The Labute approximate surface area is 156 Å². The van der Waals surface area contributed by atoms with Crippen LogP contribution in [0.4, 0.5) is 11.8 Å². The Kier molecular flexibility index (Phi) is 4.14. The van der Waals surface area contributed by atoms with E-state index in [1.165, 1.54) is 0 Å². The summed E-state index contributed by atoms with van der Waals surface area (Å²) in [6, 6.07) is 3.97. The zero-order chi connectivity index (χ0) is 18.3. The number of hydrogen-bond donors (Lipinski definition) is 1. The first-order valence-electron chi connectivity index (χ1n) is 8.59. The number of hydrogen-bond acceptors (Lipinski definition) is 7. The minimum atomic E-state index is -0.106. The largest absolute Gasteiger partial charge is 0.354 e. The molecule has 4 rings (SSSR count). The summed E-state index contributed by atoms with van der Waals surface area (Å²) in [4.78, 5) is 10.5. The predicted molar refractivity (Wildman–Crippen MR) is 101 cm³/mol. The average Bonchev–Trinajstić information content (AvgIpc) is 2.98. The fourth-order valence-electron chi connectivity index (χ4n) is 2.94. The van der Waals surface area contributed by atoms with Gasteiger partial charge in [0.15, 0.2) is 11.5 Å². The number of aromatic nitrogens is 6. The Morgan fingerprint density at radius 2 is 1.88 bits per heavy atom. The van der Waals surface area contributed by atoms with Crippen LogP contribution in [0.3, 0.4) is 0 Å². The lowest BCUT2D eigenvalue weighted by Gasteiger charge is -2.40. The molecule has 0 radical (unpaired) electrons. The molecule has 1 fully saturated rings. The van der Waals surface area contributed by atoms with E-state index in [0.717, 1.165) is 36.9 Å². The van der Waals surface area contributed by atoms with Crippen molar-refractivity contribution in [2.45, 2.75) is 26.2 Å². The second-order valence-corrected chi connectivity index (χ2v) is 8.05. The van der Waals surface area contributed by atoms with Crippen LogP contribution in [0.25, 0.3) is 5.65 Å². The van der Waals surface area contributed by atoms with Crippen molar-refractivity contribution < 1.29 is 0 Å². The molecule has 0 saturated carbocycles. The van der Waals surface area contributed by atoms with Gasteiger partial charge in [0.05, 0.1) is 17.4 Å². The van der Waals surface area contributed by atoms with Gasteiger partial charge in [-0.1, -0.05) is 32.4 Å². The highest BCUT2D eigenvalue weighted by atomic mass is 35.5. The van der Waals surface area contributed by atoms with Crippen molar-refractivity contribution in [3.8, 4) is 0 Å². The molecule has 1 aliphatic heterocycles. The zero-order valence-corrected chi connectivity index (χ0v) is 15.8. The highest BCUT2D eigenvalue weighted by Crippen LogP contribution is 2.25. The third kappa shape index (κ3) is 3.29. The molecule has 136 valence electrons. The van der Waals surface area contributed by atoms with E-state index < -0.39 is 0 Å². The molecule has 3 aromatic heterocycles. The number of fused-ring (bicyclic) bond motifs is 1. The van der Waals surface area contributed by atoms with Crippen LogP contribution in [-0.4, -0.2) is 49.4 Å². The van der Waals surface area contributed by atoms with Gasteiger partial charge in [0, 0.05) is 31.0 Å². The van der Waals surface area contributed by atoms with Gasteiger partial charge >= 0.3 is 0 Å². The molecule has 26 heavy (non-hydrogen) atoms. The molecule has 0 atom stereocenters. The molecule has 1 N–H and O–H groups in total. The van der Waals surface area contributed by atoms with Crippen molar-refractivity contribution in [2.75, 3.05) is 29.9 Å². The van der Waals surface area contributed by atoms with E-state index in [9.17, 15) is 0 Å². The van der Waals surface area contributed by atoms with Gasteiger partial charge in [0.1, 0.15) is 5.82 Å². The van der Waals surface area contributed by atoms with Crippen LogP contribution in [-0.2, 0) is 5.41 Å². The molecule has 9 heteroatoms. The first-order chi connectivity index (χ1) is 12.4. The van der Waals surface area contributed by atoms with Gasteiger partial charge in [-0.05, 0) is 12.1 Å². The van der Waals surface area contributed by atoms with Crippen LogP contribution in [0.2, 0.25) is 5.02 Å². The summed E-state index contributed by atoms with van der Waals surface area (Å²) in [6.07, 6.45) is 3.18. The Bertz CT molecular complexity index is 909. The first-order valence-corrected chi connectivity index (χ1v) is 8.97. The lowest BCUT2D eigenvalue weighted by molar-refractivity contribution is 0.423. The Hall–Kier alpha value is -2.48. The second-order valence-electron chi connectivity index (χ2n) is 7.61. The third-order valence-corrected chi connectivity index (χ3v) is 4.57. The monoisotopic (exact) mass is 372 g/mol. The summed E-state index contributed by atoms with van der Waals surface area (Å²) in [5.74, 6) is 2.94. The van der Waals surface area contributed by atoms with Gasteiger partial charge in [0.25, 0.3) is 0 Å². The SMILES string of the molecule is CC(C)(C)c1nnc2ccc(N3CC(CNc4ncc(Cl)cn4)C3)nn12. The van der Waals surface area contributed by atoms with Gasteiger partial charge in [-0.15, -0.1) is 15.3 Å². The topological polar surface area (TPSA) is 84.1 Å². The van der Waals surface area contributed by atoms with E-state index in [1.54, 1.807) is 12.4 Å². The van der Waals surface area contributed by atoms with E-state index in [4.69, 9.17) is 16.7 Å². The van der Waals surface area contributed by atoms with E-state index in [1.807, 2.05) is 16.6 Å². The number of nitrogens with one attached hydrogen (secondary N) is 1. The summed E-state index contributed by atoms with van der Waals surface area (Å²) in [5.41, 5.74) is 0.669. The van der Waals surface area contributed by atoms with Crippen molar-refractivity contribution in [2.24, 2.45) is 5.92 Å². The molecular weight excluding hydrogens is 352 g/mol. The second kappa shape index (κ2) is 6.35. The van der Waals surface area contributed by atoms with E-state index in [2.05, 4.69) is 51.2 Å². The summed E-state index contributed by atoms with van der Waals surface area (Å²) >= 11 is 5.79. The fraction of sp³-hybridized carbons (Fsp3) is 0.471. The molecule has 0 bridgehead atoms. The highest BCUT2D eigenvalue weighted by Gasteiger charge is 2.29. The molecule has 1 saturated heterocycles. The summed E-state index contributed by atoms with van der Waals surface area (Å²) < 4.78 is 1.85. The zero-order valence-electron chi connectivity index (χ0n) is 15.0. The Balaban J connectivity index is 1.40. The lowest BCUT2D eigenvalue weighted by Crippen LogP contribution is -2.50. The van der Waals surface area contributed by atoms with Crippen LogP contribution in [0.1, 0.15) is 26.6 Å². The van der Waals surface area contributed by atoms with Gasteiger partial charge < -0.3 is 10.2 Å². The quantitative estimate of drug-likeness (QED) is 0.752. The number of anilines is 2. The van der Waals surface area contributed by atoms with E-state index in [0.29, 0.717) is 16.9 Å². The van der Waals surface area contributed by atoms with Crippen LogP contribution in [0, 0.1) is 5.92 Å². The van der Waals surface area contributed by atoms with E-state index >= 15 is 0 Å². The molecule has 0 spiro atoms. The Morgan fingerprint density at radius 1 is 1.15 bits per heavy atom. The van der Waals surface area contributed by atoms with E-state index in [-0.39, 0.29) is 5.41 Å². The highest BCUT2D eigenvalue weighted by molar-refractivity contribution is 6.30. The molecule has 1 aliphatic rings. The molecule has 0 aliphatic carbocycles. The summed E-state index contributed by atoms with van der Waals surface area (Å²) in [6.45, 7) is 9.03. The molecule has 0 amide bonds. The molecule has 8 nitrogen and oxygen atoms in total.